The minimum absolute atomic E-state index is 0. The number of nitrogens with one attached hydrogen (secondary N) is 1. The largest absolute Gasteiger partial charge is 0.330 e. The average molecular weight is 139 g/mol. The van der Waals surface area contributed by atoms with Crippen LogP contribution in [0.3, 0.4) is 0 Å². The lowest BCUT2D eigenvalue weighted by molar-refractivity contribution is 0.684. The van der Waals surface area contributed by atoms with Crippen LogP contribution in [-0.2, 0) is 0 Å². The van der Waals surface area contributed by atoms with Crippen molar-refractivity contribution in [3.63, 3.8) is 0 Å². The van der Waals surface area contributed by atoms with Gasteiger partial charge in [-0.15, -0.1) is 12.4 Å². The zero-order chi connectivity index (χ0) is 5.54. The average Bonchev–Trinajstić information content (AvgIpc) is 1.69. The molecule has 0 unspecified atom stereocenters. The molecule has 0 aromatic heterocycles. The van der Waals surface area contributed by atoms with Gasteiger partial charge in [0.2, 0.25) is 0 Å². The molecule has 0 saturated heterocycles. The Bertz CT molecular complexity index is 29.6. The van der Waals surface area contributed by atoms with E-state index in [1.54, 1.807) is 0 Å². The van der Waals surface area contributed by atoms with Gasteiger partial charge in [-0.25, -0.2) is 0 Å². The molecule has 0 fully saturated rings. The van der Waals surface area contributed by atoms with Crippen molar-refractivity contribution < 1.29 is 0 Å². The fourth-order valence-electron chi connectivity index (χ4n) is 0.446. The van der Waals surface area contributed by atoms with Gasteiger partial charge in [-0.2, -0.15) is 0 Å². The van der Waals surface area contributed by atoms with Crippen LogP contribution in [0, 0.1) is 0 Å². The summed E-state index contributed by atoms with van der Waals surface area (Å²) in [4.78, 5) is 0. The van der Waals surface area contributed by atoms with Gasteiger partial charge in [0.25, 0.3) is 0 Å². The first kappa shape index (κ1) is 11.1. The Balaban J connectivity index is 0. The third kappa shape index (κ3) is 9.51. The van der Waals surface area contributed by atoms with Crippen LogP contribution >= 0.6 is 12.4 Å². The van der Waals surface area contributed by atoms with E-state index in [0.29, 0.717) is 0 Å². The summed E-state index contributed by atoms with van der Waals surface area (Å²) in [6.45, 7) is 1.92. The van der Waals surface area contributed by atoms with Crippen LogP contribution in [-0.4, -0.2) is 20.1 Å². The van der Waals surface area contributed by atoms with Gasteiger partial charge < -0.3 is 11.1 Å². The molecule has 0 atom stereocenters. The van der Waals surface area contributed by atoms with Crippen LogP contribution in [0.4, 0.5) is 0 Å². The van der Waals surface area contributed by atoms with Gasteiger partial charge in [0.1, 0.15) is 0 Å². The van der Waals surface area contributed by atoms with Gasteiger partial charge in [0.15, 0.2) is 0 Å². The van der Waals surface area contributed by atoms with E-state index >= 15 is 0 Å². The number of rotatable bonds is 4. The number of unbranched alkanes of at least 4 members (excludes halogenated alkanes) is 1. The van der Waals surface area contributed by atoms with E-state index in [2.05, 4.69) is 5.32 Å². The number of nitrogens with two attached hydrogens (primary N) is 1. The maximum atomic E-state index is 5.24. The van der Waals surface area contributed by atoms with E-state index < -0.39 is 0 Å². The lowest BCUT2D eigenvalue weighted by Crippen LogP contribution is -2.09. The Labute approximate surface area is 57.2 Å². The second-order valence-electron chi connectivity index (χ2n) is 1.60. The van der Waals surface area contributed by atoms with Gasteiger partial charge in [-0.05, 0) is 33.0 Å². The summed E-state index contributed by atoms with van der Waals surface area (Å²) in [5.41, 5.74) is 5.24. The Morgan fingerprint density at radius 1 is 1.38 bits per heavy atom. The second-order valence-corrected chi connectivity index (χ2v) is 1.60. The van der Waals surface area contributed by atoms with E-state index in [0.717, 1.165) is 19.5 Å². The van der Waals surface area contributed by atoms with Crippen LogP contribution in [0.25, 0.3) is 0 Å². The predicted molar refractivity (Wildman–Crippen MR) is 39.5 cm³/mol. The molecule has 0 rings (SSSR count). The summed E-state index contributed by atoms with van der Waals surface area (Å²) < 4.78 is 0. The van der Waals surface area contributed by atoms with Crippen molar-refractivity contribution in [2.75, 3.05) is 20.1 Å². The van der Waals surface area contributed by atoms with Crippen LogP contribution in [0.15, 0.2) is 0 Å². The summed E-state index contributed by atoms with van der Waals surface area (Å²) in [7, 11) is 1.95. The second kappa shape index (κ2) is 10.2. The molecular weight excluding hydrogens is 124 g/mol. The number of halogens is 1. The topological polar surface area (TPSA) is 38.0 Å². The minimum atomic E-state index is 0. The normalized spacial score (nSPS) is 8.25. The summed E-state index contributed by atoms with van der Waals surface area (Å²) in [6, 6.07) is 0. The smallest absolute Gasteiger partial charge is 0.00515 e. The molecule has 0 saturated carbocycles. The lowest BCUT2D eigenvalue weighted by atomic mass is 10.3. The highest BCUT2D eigenvalue weighted by atomic mass is 35.5. The molecule has 3 heteroatoms. The van der Waals surface area contributed by atoms with Crippen LogP contribution in [0.2, 0.25) is 0 Å². The highest BCUT2D eigenvalue weighted by molar-refractivity contribution is 5.85. The van der Waals surface area contributed by atoms with E-state index in [4.69, 9.17) is 5.73 Å². The standard InChI is InChI=1S/C5H14N2.ClH/c1-7-5-3-2-4-6;/h7H,2-6H2,1H3;1H. The zero-order valence-electron chi connectivity index (χ0n) is 5.31. The lowest BCUT2D eigenvalue weighted by Gasteiger charge is -1.93. The molecule has 0 amide bonds. The van der Waals surface area contributed by atoms with Gasteiger partial charge in [0.05, 0.1) is 0 Å². The first-order valence-electron chi connectivity index (χ1n) is 2.76. The van der Waals surface area contributed by atoms with Gasteiger partial charge in [-0.1, -0.05) is 0 Å². The highest BCUT2D eigenvalue weighted by Crippen LogP contribution is 1.79. The fourth-order valence-corrected chi connectivity index (χ4v) is 0.446. The van der Waals surface area contributed by atoms with Crippen molar-refractivity contribution >= 4 is 12.4 Å². The third-order valence-corrected chi connectivity index (χ3v) is 0.881. The molecule has 0 aliphatic carbocycles. The van der Waals surface area contributed by atoms with Gasteiger partial charge in [0, 0.05) is 0 Å². The molecule has 52 valence electrons. The number of hydrogen-bond acceptors (Lipinski definition) is 2. The van der Waals surface area contributed by atoms with Gasteiger partial charge >= 0.3 is 0 Å². The Kier molecular flexibility index (Phi) is 14.2. The van der Waals surface area contributed by atoms with E-state index in [1.165, 1.54) is 6.42 Å². The van der Waals surface area contributed by atoms with Crippen LogP contribution in [0.5, 0.6) is 0 Å². The summed E-state index contributed by atoms with van der Waals surface area (Å²) in [5.74, 6) is 0. The van der Waals surface area contributed by atoms with Crippen molar-refractivity contribution in [2.24, 2.45) is 5.73 Å². The SMILES string of the molecule is CNCCCCN.Cl. The fraction of sp³-hybridized carbons (Fsp3) is 1.00. The van der Waals surface area contributed by atoms with Crippen molar-refractivity contribution in [3.8, 4) is 0 Å². The molecule has 3 N–H and O–H groups in total. The Morgan fingerprint density at radius 3 is 2.38 bits per heavy atom. The quantitative estimate of drug-likeness (QED) is 0.551. The summed E-state index contributed by atoms with van der Waals surface area (Å²) >= 11 is 0. The molecule has 0 bridgehead atoms. The molecule has 0 radical (unpaired) electrons. The van der Waals surface area contributed by atoms with Crippen LogP contribution in [0.1, 0.15) is 12.8 Å². The molecule has 2 nitrogen and oxygen atoms in total. The molecule has 0 heterocycles. The molecule has 0 spiro atoms. The van der Waals surface area contributed by atoms with E-state index in [-0.39, 0.29) is 12.4 Å². The summed E-state index contributed by atoms with van der Waals surface area (Å²) in [5, 5.41) is 3.05. The van der Waals surface area contributed by atoms with Crippen molar-refractivity contribution in [1.29, 1.82) is 0 Å². The zero-order valence-corrected chi connectivity index (χ0v) is 6.13. The monoisotopic (exact) mass is 138 g/mol. The first-order valence-corrected chi connectivity index (χ1v) is 2.76. The Morgan fingerprint density at radius 2 is 2.00 bits per heavy atom. The first-order chi connectivity index (χ1) is 3.41. The molecule has 8 heavy (non-hydrogen) atoms. The molecule has 0 aromatic rings. The van der Waals surface area contributed by atoms with Gasteiger partial charge in [-0.3, -0.25) is 0 Å². The maximum Gasteiger partial charge on any atom is -0.00515 e. The van der Waals surface area contributed by atoms with Crippen molar-refractivity contribution in [3.05, 3.63) is 0 Å². The maximum absolute atomic E-state index is 5.24. The van der Waals surface area contributed by atoms with Crippen LogP contribution < -0.4 is 11.1 Å². The minimum Gasteiger partial charge on any atom is -0.330 e. The molecular formula is C5H15ClN2. The molecule has 0 aromatic carbocycles. The molecule has 0 aliphatic heterocycles. The number of hydrogen-bond donors (Lipinski definition) is 2. The molecule has 0 aliphatic rings. The summed E-state index contributed by atoms with van der Waals surface area (Å²) in [6.07, 6.45) is 2.34. The van der Waals surface area contributed by atoms with Crippen molar-refractivity contribution in [2.45, 2.75) is 12.8 Å². The third-order valence-electron chi connectivity index (χ3n) is 0.881. The van der Waals surface area contributed by atoms with E-state index in [1.807, 2.05) is 7.05 Å². The highest BCUT2D eigenvalue weighted by Gasteiger charge is 1.78. The Hall–Kier alpha value is 0.210. The van der Waals surface area contributed by atoms with E-state index in [9.17, 15) is 0 Å². The van der Waals surface area contributed by atoms with Crippen molar-refractivity contribution in [1.82, 2.24) is 5.32 Å². The predicted octanol–water partition coefficient (Wildman–Crippen LogP) is 0.366.